The number of benzene rings is 1. The Labute approximate surface area is 82.2 Å². The Morgan fingerprint density at radius 1 is 1.08 bits per heavy atom. The van der Waals surface area contributed by atoms with Gasteiger partial charge in [-0.3, -0.25) is 0 Å². The minimum absolute atomic E-state index is 1.13. The summed E-state index contributed by atoms with van der Waals surface area (Å²) in [5.41, 5.74) is 3.64. The van der Waals surface area contributed by atoms with E-state index in [1.165, 1.54) is 16.0 Å². The van der Waals surface area contributed by atoms with Gasteiger partial charge in [-0.15, -0.1) is 0 Å². The molecular formula is C11H11NS. The molecule has 0 atom stereocenters. The third-order valence-electron chi connectivity index (χ3n) is 2.20. The average Bonchev–Trinajstić information content (AvgIpc) is 2.49. The lowest BCUT2D eigenvalue weighted by Crippen LogP contribution is -1.79. The van der Waals surface area contributed by atoms with E-state index >= 15 is 0 Å². The lowest BCUT2D eigenvalue weighted by Gasteiger charge is -1.97. The van der Waals surface area contributed by atoms with E-state index in [0.29, 0.717) is 0 Å². The molecule has 2 rings (SSSR count). The molecule has 1 aromatic carbocycles. The molecule has 0 bridgehead atoms. The maximum absolute atomic E-state index is 4.43. The number of aryl methyl sites for hydroxylation is 1. The highest BCUT2D eigenvalue weighted by atomic mass is 32.1. The summed E-state index contributed by atoms with van der Waals surface area (Å²) in [5.74, 6) is 0. The molecule has 13 heavy (non-hydrogen) atoms. The van der Waals surface area contributed by atoms with Crippen LogP contribution in [0.4, 0.5) is 0 Å². The third-order valence-corrected chi connectivity index (χ3v) is 3.06. The van der Waals surface area contributed by atoms with Gasteiger partial charge in [0, 0.05) is 10.4 Å². The topological polar surface area (TPSA) is 12.9 Å². The Hall–Kier alpha value is -1.15. The van der Waals surface area contributed by atoms with Crippen LogP contribution >= 0.6 is 11.5 Å². The maximum Gasteiger partial charge on any atom is 0.0872 e. The van der Waals surface area contributed by atoms with Gasteiger partial charge in [0.1, 0.15) is 0 Å². The first kappa shape index (κ1) is 8.45. The van der Waals surface area contributed by atoms with Crippen LogP contribution in [0, 0.1) is 13.8 Å². The number of hydrogen-bond acceptors (Lipinski definition) is 2. The van der Waals surface area contributed by atoms with Gasteiger partial charge in [-0.05, 0) is 30.9 Å². The fraction of sp³-hybridized carbons (Fsp3) is 0.182. The van der Waals surface area contributed by atoms with Gasteiger partial charge in [0.2, 0.25) is 0 Å². The maximum atomic E-state index is 4.43. The van der Waals surface area contributed by atoms with E-state index in [4.69, 9.17) is 0 Å². The van der Waals surface area contributed by atoms with Gasteiger partial charge in [0.15, 0.2) is 0 Å². The monoisotopic (exact) mass is 189 g/mol. The number of hydrogen-bond donors (Lipinski definition) is 0. The molecule has 2 heteroatoms. The molecule has 0 fully saturated rings. The molecule has 0 unspecified atom stereocenters. The summed E-state index contributed by atoms with van der Waals surface area (Å²) in [4.78, 5) is 1.30. The summed E-state index contributed by atoms with van der Waals surface area (Å²) >= 11 is 1.58. The fourth-order valence-electron chi connectivity index (χ4n) is 1.28. The smallest absolute Gasteiger partial charge is 0.0872 e. The van der Waals surface area contributed by atoms with Gasteiger partial charge in [-0.25, -0.2) is 0 Å². The van der Waals surface area contributed by atoms with Crippen molar-refractivity contribution >= 4 is 11.5 Å². The molecule has 0 saturated carbocycles. The van der Waals surface area contributed by atoms with E-state index in [-0.39, 0.29) is 0 Å². The lowest BCUT2D eigenvalue weighted by molar-refractivity contribution is 1.39. The Morgan fingerprint density at radius 3 is 2.31 bits per heavy atom. The summed E-state index contributed by atoms with van der Waals surface area (Å²) in [6.07, 6.45) is 0. The van der Waals surface area contributed by atoms with Crippen LogP contribution in [0.3, 0.4) is 0 Å². The standard InChI is InChI=1S/C11H11NS/c1-8-9(2)13-12-11(8)10-6-4-3-5-7-10/h3-7H,1-2H3. The van der Waals surface area contributed by atoms with Crippen molar-refractivity contribution in [3.05, 3.63) is 40.8 Å². The molecule has 0 saturated heterocycles. The second kappa shape index (κ2) is 3.30. The normalized spacial score (nSPS) is 10.3. The quantitative estimate of drug-likeness (QED) is 0.669. The van der Waals surface area contributed by atoms with Crippen molar-refractivity contribution < 1.29 is 0 Å². The van der Waals surface area contributed by atoms with Crippen molar-refractivity contribution in [2.45, 2.75) is 13.8 Å². The van der Waals surface area contributed by atoms with E-state index in [1.54, 1.807) is 11.5 Å². The zero-order chi connectivity index (χ0) is 9.26. The summed E-state index contributed by atoms with van der Waals surface area (Å²) in [5, 5.41) is 0. The molecule has 0 aliphatic heterocycles. The molecule has 1 aromatic heterocycles. The largest absolute Gasteiger partial charge is 0.192 e. The number of nitrogens with zero attached hydrogens (tertiary/aromatic N) is 1. The van der Waals surface area contributed by atoms with Crippen LogP contribution in [0.25, 0.3) is 11.3 Å². The van der Waals surface area contributed by atoms with E-state index in [9.17, 15) is 0 Å². The van der Waals surface area contributed by atoms with E-state index in [0.717, 1.165) is 5.69 Å². The summed E-state index contributed by atoms with van der Waals surface area (Å²) < 4.78 is 4.43. The van der Waals surface area contributed by atoms with Gasteiger partial charge in [0.25, 0.3) is 0 Å². The second-order valence-corrected chi connectivity index (χ2v) is 4.06. The molecule has 1 nitrogen and oxygen atoms in total. The van der Waals surface area contributed by atoms with Crippen molar-refractivity contribution in [3.63, 3.8) is 0 Å². The van der Waals surface area contributed by atoms with E-state index < -0.39 is 0 Å². The van der Waals surface area contributed by atoms with E-state index in [2.05, 4.69) is 30.4 Å². The first-order chi connectivity index (χ1) is 6.29. The lowest BCUT2D eigenvalue weighted by atomic mass is 10.1. The molecular weight excluding hydrogens is 178 g/mol. The Balaban J connectivity index is 2.53. The Morgan fingerprint density at radius 2 is 1.77 bits per heavy atom. The molecule has 0 spiro atoms. The minimum atomic E-state index is 1.13. The van der Waals surface area contributed by atoms with Gasteiger partial charge in [-0.1, -0.05) is 30.3 Å². The van der Waals surface area contributed by atoms with Crippen molar-refractivity contribution in [2.75, 3.05) is 0 Å². The van der Waals surface area contributed by atoms with Crippen LogP contribution in [-0.4, -0.2) is 4.37 Å². The van der Waals surface area contributed by atoms with Gasteiger partial charge in [0.05, 0.1) is 5.69 Å². The number of aromatic nitrogens is 1. The SMILES string of the molecule is Cc1snc(-c2ccccc2)c1C. The fourth-order valence-corrected chi connectivity index (χ4v) is 1.99. The molecule has 0 aliphatic rings. The number of rotatable bonds is 1. The highest BCUT2D eigenvalue weighted by Gasteiger charge is 2.06. The Kier molecular flexibility index (Phi) is 2.15. The van der Waals surface area contributed by atoms with Crippen LogP contribution in [-0.2, 0) is 0 Å². The van der Waals surface area contributed by atoms with Crippen LogP contribution in [0.2, 0.25) is 0 Å². The zero-order valence-corrected chi connectivity index (χ0v) is 8.56. The van der Waals surface area contributed by atoms with Crippen molar-refractivity contribution in [1.82, 2.24) is 4.37 Å². The Bertz CT molecular complexity index is 403. The van der Waals surface area contributed by atoms with Crippen LogP contribution in [0.5, 0.6) is 0 Å². The summed E-state index contributed by atoms with van der Waals surface area (Å²) in [6.45, 7) is 4.24. The predicted molar refractivity (Wildman–Crippen MR) is 57.0 cm³/mol. The molecule has 0 radical (unpaired) electrons. The molecule has 0 amide bonds. The first-order valence-corrected chi connectivity index (χ1v) is 5.04. The van der Waals surface area contributed by atoms with Gasteiger partial charge in [-0.2, -0.15) is 4.37 Å². The first-order valence-electron chi connectivity index (χ1n) is 4.27. The molecule has 66 valence electrons. The molecule has 2 aromatic rings. The molecule has 1 heterocycles. The third kappa shape index (κ3) is 1.49. The van der Waals surface area contributed by atoms with Crippen LogP contribution in [0.15, 0.2) is 30.3 Å². The highest BCUT2D eigenvalue weighted by molar-refractivity contribution is 7.06. The zero-order valence-electron chi connectivity index (χ0n) is 7.74. The summed E-state index contributed by atoms with van der Waals surface area (Å²) in [6, 6.07) is 10.3. The van der Waals surface area contributed by atoms with Crippen LogP contribution in [0.1, 0.15) is 10.4 Å². The molecule has 0 aliphatic carbocycles. The van der Waals surface area contributed by atoms with Gasteiger partial charge >= 0.3 is 0 Å². The van der Waals surface area contributed by atoms with E-state index in [1.807, 2.05) is 18.2 Å². The van der Waals surface area contributed by atoms with Crippen LogP contribution < -0.4 is 0 Å². The van der Waals surface area contributed by atoms with Crippen molar-refractivity contribution in [3.8, 4) is 11.3 Å². The summed E-state index contributed by atoms with van der Waals surface area (Å²) in [7, 11) is 0. The predicted octanol–water partition coefficient (Wildman–Crippen LogP) is 3.43. The molecule has 0 N–H and O–H groups in total. The second-order valence-electron chi connectivity index (χ2n) is 3.08. The average molecular weight is 189 g/mol. The van der Waals surface area contributed by atoms with Crippen molar-refractivity contribution in [1.29, 1.82) is 0 Å². The van der Waals surface area contributed by atoms with Crippen molar-refractivity contribution in [2.24, 2.45) is 0 Å². The highest BCUT2D eigenvalue weighted by Crippen LogP contribution is 2.26. The minimum Gasteiger partial charge on any atom is -0.192 e. The van der Waals surface area contributed by atoms with Gasteiger partial charge < -0.3 is 0 Å².